The van der Waals surface area contributed by atoms with Crippen LogP contribution in [0.25, 0.3) is 16.6 Å². The van der Waals surface area contributed by atoms with Crippen LogP contribution in [0, 0.1) is 17.3 Å². The highest BCUT2D eigenvalue weighted by atomic mass is 32.2. The van der Waals surface area contributed by atoms with Gasteiger partial charge in [0.1, 0.15) is 6.07 Å². The van der Waals surface area contributed by atoms with Crippen LogP contribution in [-0.4, -0.2) is 37.5 Å². The molecule has 4 aromatic heterocycles. The summed E-state index contributed by atoms with van der Waals surface area (Å²) in [4.78, 5) is 4.86. The van der Waals surface area contributed by atoms with Gasteiger partial charge in [-0.05, 0) is 37.6 Å². The third-order valence-electron chi connectivity index (χ3n) is 5.22. The summed E-state index contributed by atoms with van der Waals surface area (Å²) in [7, 11) is 0. The molecule has 1 unspecified atom stereocenters. The van der Waals surface area contributed by atoms with Crippen molar-refractivity contribution in [2.45, 2.75) is 28.7 Å². The first-order chi connectivity index (χ1) is 14.7. The molecule has 0 saturated carbocycles. The van der Waals surface area contributed by atoms with Crippen LogP contribution in [0.15, 0.2) is 59.0 Å². The molecule has 0 aromatic carbocycles. The number of nitriles is 1. The van der Waals surface area contributed by atoms with Gasteiger partial charge in [-0.2, -0.15) is 19.8 Å². The molecule has 30 heavy (non-hydrogen) atoms. The number of piperidine rings is 1. The van der Waals surface area contributed by atoms with Crippen LogP contribution in [-0.2, 0) is 0 Å². The number of rotatable bonds is 4. The Balaban J connectivity index is 1.58. The summed E-state index contributed by atoms with van der Waals surface area (Å²) in [5, 5.41) is 21.8. The molecule has 1 N–H and O–H groups in total. The molecular weight excluding hydrogens is 401 g/mol. The summed E-state index contributed by atoms with van der Waals surface area (Å²) >= 11 is 1.23. The zero-order valence-corrected chi connectivity index (χ0v) is 16.8. The van der Waals surface area contributed by atoms with Gasteiger partial charge in [-0.1, -0.05) is 11.8 Å². The molecule has 9 heteroatoms. The van der Waals surface area contributed by atoms with Crippen LogP contribution in [0.1, 0.15) is 24.4 Å². The average Bonchev–Trinajstić information content (AvgIpc) is 3.43. The van der Waals surface area contributed by atoms with Crippen molar-refractivity contribution in [1.82, 2.24) is 29.7 Å². The standard InChI is InChI=1S/C21H18FN7S/c22-21-18(4-2-6-25-21)30-19-7-14(12-29-20(19)15(8-23)9-27-29)16-10-26-28(13-16)17-3-1-5-24-11-17/h2,4,6-7,9-10,12-13,17,24H,1,3,5,11H2. The zero-order valence-electron chi connectivity index (χ0n) is 16.0. The number of aromatic nitrogens is 5. The fraction of sp³-hybridized carbons (Fsp3) is 0.238. The van der Waals surface area contributed by atoms with Crippen molar-refractivity contribution in [2.75, 3.05) is 13.1 Å². The van der Waals surface area contributed by atoms with E-state index in [-0.39, 0.29) is 0 Å². The van der Waals surface area contributed by atoms with E-state index in [0.29, 0.717) is 22.0 Å². The Bertz CT molecular complexity index is 1250. The van der Waals surface area contributed by atoms with Gasteiger partial charge in [0.2, 0.25) is 5.95 Å². The van der Waals surface area contributed by atoms with E-state index in [9.17, 15) is 9.65 Å². The van der Waals surface area contributed by atoms with Gasteiger partial charge in [-0.3, -0.25) is 4.68 Å². The molecule has 0 aliphatic carbocycles. The van der Waals surface area contributed by atoms with Crippen LogP contribution >= 0.6 is 11.8 Å². The Labute approximate surface area is 176 Å². The quantitative estimate of drug-likeness (QED) is 0.508. The first-order valence-electron chi connectivity index (χ1n) is 9.68. The van der Waals surface area contributed by atoms with Crippen molar-refractivity contribution >= 4 is 17.3 Å². The lowest BCUT2D eigenvalue weighted by atomic mass is 10.1. The number of fused-ring (bicyclic) bond motifs is 1. The van der Waals surface area contributed by atoms with Crippen LogP contribution in [0.2, 0.25) is 0 Å². The van der Waals surface area contributed by atoms with Crippen molar-refractivity contribution in [3.05, 3.63) is 60.7 Å². The van der Waals surface area contributed by atoms with E-state index in [1.54, 1.807) is 16.6 Å². The largest absolute Gasteiger partial charge is 0.315 e. The Morgan fingerprint density at radius 2 is 2.13 bits per heavy atom. The second-order valence-electron chi connectivity index (χ2n) is 7.16. The molecule has 4 aromatic rings. The Hall–Kier alpha value is -3.22. The highest BCUT2D eigenvalue weighted by Gasteiger charge is 2.18. The van der Waals surface area contributed by atoms with E-state index in [2.05, 4.69) is 26.6 Å². The lowest BCUT2D eigenvalue weighted by Gasteiger charge is -2.22. The van der Waals surface area contributed by atoms with Crippen molar-refractivity contribution < 1.29 is 4.39 Å². The van der Waals surface area contributed by atoms with Gasteiger partial charge in [0.05, 0.1) is 34.4 Å². The van der Waals surface area contributed by atoms with Crippen molar-refractivity contribution in [2.24, 2.45) is 0 Å². The SMILES string of the molecule is N#Cc1cnn2cc(-c3cnn(C4CCCNC4)c3)cc(Sc3cccnc3F)c12. The summed E-state index contributed by atoms with van der Waals surface area (Å²) in [5.74, 6) is -0.540. The molecule has 0 radical (unpaired) electrons. The molecule has 7 nitrogen and oxygen atoms in total. The number of hydrogen-bond donors (Lipinski definition) is 1. The third kappa shape index (κ3) is 3.44. The van der Waals surface area contributed by atoms with E-state index in [1.165, 1.54) is 24.2 Å². The minimum absolute atomic E-state index is 0.337. The van der Waals surface area contributed by atoms with E-state index in [4.69, 9.17) is 0 Å². The summed E-state index contributed by atoms with van der Waals surface area (Å²) < 4.78 is 17.9. The van der Waals surface area contributed by atoms with Gasteiger partial charge in [0.15, 0.2) is 0 Å². The maximum absolute atomic E-state index is 14.2. The Morgan fingerprint density at radius 1 is 1.20 bits per heavy atom. The molecule has 0 amide bonds. The van der Waals surface area contributed by atoms with Crippen LogP contribution in [0.5, 0.6) is 0 Å². The fourth-order valence-electron chi connectivity index (χ4n) is 3.71. The van der Waals surface area contributed by atoms with Gasteiger partial charge in [0.25, 0.3) is 0 Å². The number of hydrogen-bond acceptors (Lipinski definition) is 6. The van der Waals surface area contributed by atoms with E-state index < -0.39 is 5.95 Å². The Morgan fingerprint density at radius 3 is 2.93 bits per heavy atom. The molecule has 5 heterocycles. The number of pyridine rings is 2. The molecular formula is C21H18FN7S. The first-order valence-corrected chi connectivity index (χ1v) is 10.5. The Kier molecular flexibility index (Phi) is 4.94. The maximum atomic E-state index is 14.2. The number of nitrogens with one attached hydrogen (secondary N) is 1. The van der Waals surface area contributed by atoms with Crippen LogP contribution in [0.4, 0.5) is 4.39 Å². The number of nitrogens with zero attached hydrogens (tertiary/aromatic N) is 6. The highest BCUT2D eigenvalue weighted by Crippen LogP contribution is 2.36. The van der Waals surface area contributed by atoms with Gasteiger partial charge in [-0.25, -0.2) is 9.50 Å². The van der Waals surface area contributed by atoms with Crippen LogP contribution in [0.3, 0.4) is 0 Å². The predicted molar refractivity (Wildman–Crippen MR) is 111 cm³/mol. The highest BCUT2D eigenvalue weighted by molar-refractivity contribution is 7.99. The molecule has 1 atom stereocenters. The van der Waals surface area contributed by atoms with Gasteiger partial charge >= 0.3 is 0 Å². The predicted octanol–water partition coefficient (Wildman–Crippen LogP) is 3.68. The first kappa shape index (κ1) is 18.8. The molecule has 1 aliphatic rings. The summed E-state index contributed by atoms with van der Waals surface area (Å²) in [5.41, 5.74) is 2.94. The smallest absolute Gasteiger partial charge is 0.226 e. The summed E-state index contributed by atoms with van der Waals surface area (Å²) in [6.07, 6.45) is 10.9. The van der Waals surface area contributed by atoms with Crippen molar-refractivity contribution in [1.29, 1.82) is 5.26 Å². The normalized spacial score (nSPS) is 16.6. The average molecular weight is 419 g/mol. The van der Waals surface area contributed by atoms with E-state index in [0.717, 1.165) is 42.0 Å². The van der Waals surface area contributed by atoms with Crippen LogP contribution < -0.4 is 5.32 Å². The number of halogens is 1. The maximum Gasteiger partial charge on any atom is 0.226 e. The van der Waals surface area contributed by atoms with E-state index in [1.807, 2.05) is 29.3 Å². The molecule has 1 aliphatic heterocycles. The van der Waals surface area contributed by atoms with Crippen molar-refractivity contribution in [3.63, 3.8) is 0 Å². The fourth-order valence-corrected chi connectivity index (χ4v) is 4.72. The molecule has 0 spiro atoms. The van der Waals surface area contributed by atoms with Gasteiger partial charge < -0.3 is 5.32 Å². The lowest BCUT2D eigenvalue weighted by Crippen LogP contribution is -2.31. The molecule has 0 bridgehead atoms. The molecule has 150 valence electrons. The molecule has 1 saturated heterocycles. The monoisotopic (exact) mass is 419 g/mol. The second-order valence-corrected chi connectivity index (χ2v) is 8.24. The second kappa shape index (κ2) is 7.89. The molecule has 5 rings (SSSR count). The summed E-state index contributed by atoms with van der Waals surface area (Å²) in [6.45, 7) is 1.96. The minimum Gasteiger partial charge on any atom is -0.315 e. The molecule has 1 fully saturated rings. The van der Waals surface area contributed by atoms with Crippen molar-refractivity contribution in [3.8, 4) is 17.2 Å². The summed E-state index contributed by atoms with van der Waals surface area (Å²) in [6, 6.07) is 7.82. The van der Waals surface area contributed by atoms with E-state index >= 15 is 0 Å². The lowest BCUT2D eigenvalue weighted by molar-refractivity contribution is 0.347. The third-order valence-corrected chi connectivity index (χ3v) is 6.28. The minimum atomic E-state index is -0.540. The van der Waals surface area contributed by atoms with Gasteiger partial charge in [0, 0.05) is 41.2 Å². The zero-order chi connectivity index (χ0) is 20.5. The van der Waals surface area contributed by atoms with Gasteiger partial charge in [-0.15, -0.1) is 0 Å². The topological polar surface area (TPSA) is 83.8 Å².